The van der Waals surface area contributed by atoms with Crippen molar-refractivity contribution >= 4 is 28.1 Å². The molecule has 0 aliphatic carbocycles. The summed E-state index contributed by atoms with van der Waals surface area (Å²) in [6, 6.07) is 18.6. The van der Waals surface area contributed by atoms with Gasteiger partial charge in [0.15, 0.2) is 11.3 Å². The van der Waals surface area contributed by atoms with E-state index in [0.29, 0.717) is 23.6 Å². The smallest absolute Gasteiger partial charge is 0.321 e. The van der Waals surface area contributed by atoms with E-state index in [2.05, 4.69) is 20.6 Å². The van der Waals surface area contributed by atoms with Crippen LogP contribution in [0.1, 0.15) is 21.6 Å². The Morgan fingerprint density at radius 3 is 2.87 bits per heavy atom. The van der Waals surface area contributed by atoms with Crippen LogP contribution in [0, 0.1) is 6.92 Å². The van der Waals surface area contributed by atoms with Crippen molar-refractivity contribution in [3.8, 4) is 0 Å². The molecule has 0 saturated heterocycles. The van der Waals surface area contributed by atoms with Gasteiger partial charge in [0.2, 0.25) is 0 Å². The molecule has 0 aliphatic rings. The maximum atomic E-state index is 12.8. The van der Waals surface area contributed by atoms with E-state index in [4.69, 9.17) is 0 Å². The number of anilines is 1. The summed E-state index contributed by atoms with van der Waals surface area (Å²) in [7, 11) is 0. The summed E-state index contributed by atoms with van der Waals surface area (Å²) >= 11 is 0. The lowest BCUT2D eigenvalue weighted by Crippen LogP contribution is -2.21. The van der Waals surface area contributed by atoms with Crippen LogP contribution in [0.3, 0.4) is 0 Å². The topological polar surface area (TPSA) is 97.1 Å². The lowest BCUT2D eigenvalue weighted by Gasteiger charge is -2.06. The number of aromatic nitrogens is 5. The van der Waals surface area contributed by atoms with Crippen molar-refractivity contribution in [1.82, 2.24) is 24.4 Å². The molecule has 5 rings (SSSR count). The molecule has 8 nitrogen and oxygen atoms in total. The largest absolute Gasteiger partial charge is 0.350 e. The van der Waals surface area contributed by atoms with Crippen molar-refractivity contribution in [1.29, 1.82) is 0 Å². The summed E-state index contributed by atoms with van der Waals surface area (Å²) in [4.78, 5) is 25.3. The molecule has 8 heteroatoms. The third-order valence-corrected chi connectivity index (χ3v) is 4.94. The van der Waals surface area contributed by atoms with Crippen molar-refractivity contribution in [3.63, 3.8) is 0 Å². The number of nitrogens with zero attached hydrogens (tertiary/aromatic N) is 4. The van der Waals surface area contributed by atoms with E-state index in [-0.39, 0.29) is 11.6 Å². The molecule has 3 aromatic heterocycles. The van der Waals surface area contributed by atoms with Crippen LogP contribution in [0.2, 0.25) is 0 Å². The number of fused-ring (bicyclic) bond motifs is 2. The molecule has 2 N–H and O–H groups in total. The first-order chi connectivity index (χ1) is 14.6. The van der Waals surface area contributed by atoms with E-state index in [9.17, 15) is 9.59 Å². The van der Waals surface area contributed by atoms with Crippen molar-refractivity contribution in [3.05, 3.63) is 94.2 Å². The SMILES string of the molecule is Cc1ccc2[nH]nc(C(=O)Nc3cccc(Cn4nc5ccccn5c4=O)c3)c2c1. The fourth-order valence-electron chi connectivity index (χ4n) is 3.48. The highest BCUT2D eigenvalue weighted by Gasteiger charge is 2.15. The van der Waals surface area contributed by atoms with Gasteiger partial charge in [-0.2, -0.15) is 5.10 Å². The fourth-order valence-corrected chi connectivity index (χ4v) is 3.48. The van der Waals surface area contributed by atoms with Gasteiger partial charge in [-0.25, -0.2) is 9.48 Å². The number of rotatable bonds is 4. The molecule has 0 atom stereocenters. The minimum Gasteiger partial charge on any atom is -0.321 e. The van der Waals surface area contributed by atoms with Gasteiger partial charge in [-0.15, -0.1) is 5.10 Å². The molecule has 0 bridgehead atoms. The average molecular weight is 398 g/mol. The van der Waals surface area contributed by atoms with Gasteiger partial charge in [0.25, 0.3) is 5.91 Å². The Balaban J connectivity index is 1.40. The number of carbonyl (C=O) groups excluding carboxylic acids is 1. The number of carbonyl (C=O) groups is 1. The van der Waals surface area contributed by atoms with Gasteiger partial charge in [-0.3, -0.25) is 14.3 Å². The Labute approximate surface area is 170 Å². The third kappa shape index (κ3) is 3.14. The van der Waals surface area contributed by atoms with Gasteiger partial charge in [0, 0.05) is 17.3 Å². The molecular formula is C22H18N6O2. The van der Waals surface area contributed by atoms with Crippen LogP contribution in [0.5, 0.6) is 0 Å². The molecule has 0 unspecified atom stereocenters. The number of amides is 1. The minimum atomic E-state index is -0.297. The second kappa shape index (κ2) is 7.00. The van der Waals surface area contributed by atoms with Crippen molar-refractivity contribution in [2.45, 2.75) is 13.5 Å². The quantitative estimate of drug-likeness (QED) is 0.486. The Bertz CT molecular complexity index is 1460. The zero-order valence-corrected chi connectivity index (χ0v) is 16.2. The maximum Gasteiger partial charge on any atom is 0.350 e. The summed E-state index contributed by atoms with van der Waals surface area (Å²) in [6.45, 7) is 2.27. The summed E-state index contributed by atoms with van der Waals surface area (Å²) in [5.41, 5.74) is 4.06. The van der Waals surface area contributed by atoms with Crippen LogP contribution in [-0.2, 0) is 6.54 Å². The summed E-state index contributed by atoms with van der Waals surface area (Å²) < 4.78 is 2.90. The van der Waals surface area contributed by atoms with E-state index >= 15 is 0 Å². The van der Waals surface area contributed by atoms with Crippen LogP contribution in [0.15, 0.2) is 71.7 Å². The standard InChI is InChI=1S/C22H18N6O2/c1-14-8-9-18-17(11-14)20(25-24-18)21(29)23-16-6-4-5-15(12-16)13-28-22(30)27-10-3-2-7-19(27)26-28/h2-12H,13H2,1H3,(H,23,29)(H,24,25). The number of benzene rings is 2. The number of aryl methyl sites for hydroxylation is 1. The number of pyridine rings is 1. The summed E-state index contributed by atoms with van der Waals surface area (Å²) in [5.74, 6) is -0.297. The van der Waals surface area contributed by atoms with Crippen LogP contribution < -0.4 is 11.0 Å². The molecule has 1 amide bonds. The number of aromatic amines is 1. The average Bonchev–Trinajstić information content (AvgIpc) is 3.29. The molecule has 0 fully saturated rings. The Morgan fingerprint density at radius 2 is 2.00 bits per heavy atom. The Kier molecular flexibility index (Phi) is 4.17. The van der Waals surface area contributed by atoms with E-state index < -0.39 is 0 Å². The van der Waals surface area contributed by atoms with Crippen molar-refractivity contribution in [2.24, 2.45) is 0 Å². The first-order valence-electron chi connectivity index (χ1n) is 9.48. The van der Waals surface area contributed by atoms with Gasteiger partial charge in [0.05, 0.1) is 12.1 Å². The molecule has 0 spiro atoms. The predicted octanol–water partition coefficient (Wildman–Crippen LogP) is 2.98. The van der Waals surface area contributed by atoms with Gasteiger partial charge >= 0.3 is 5.69 Å². The third-order valence-electron chi connectivity index (χ3n) is 4.94. The van der Waals surface area contributed by atoms with Gasteiger partial charge in [0.1, 0.15) is 0 Å². The fraction of sp³-hybridized carbons (Fsp3) is 0.0909. The summed E-state index contributed by atoms with van der Waals surface area (Å²) in [6.07, 6.45) is 1.69. The molecule has 0 aliphatic heterocycles. The van der Waals surface area contributed by atoms with Crippen LogP contribution in [-0.4, -0.2) is 30.3 Å². The lowest BCUT2D eigenvalue weighted by atomic mass is 10.1. The molecule has 0 saturated carbocycles. The molecule has 30 heavy (non-hydrogen) atoms. The van der Waals surface area contributed by atoms with Crippen LogP contribution in [0.25, 0.3) is 16.6 Å². The number of hydrogen-bond acceptors (Lipinski definition) is 4. The summed E-state index contributed by atoms with van der Waals surface area (Å²) in [5, 5.41) is 15.1. The second-order valence-corrected chi connectivity index (χ2v) is 7.14. The van der Waals surface area contributed by atoms with E-state index in [1.807, 2.05) is 49.4 Å². The van der Waals surface area contributed by atoms with E-state index in [1.165, 1.54) is 9.08 Å². The molecular weight excluding hydrogens is 380 g/mol. The molecule has 2 aromatic carbocycles. The highest BCUT2D eigenvalue weighted by Crippen LogP contribution is 2.19. The predicted molar refractivity (Wildman–Crippen MR) is 114 cm³/mol. The van der Waals surface area contributed by atoms with Gasteiger partial charge in [-0.1, -0.05) is 29.8 Å². The number of hydrogen-bond donors (Lipinski definition) is 2. The van der Waals surface area contributed by atoms with Crippen LogP contribution >= 0.6 is 0 Å². The van der Waals surface area contributed by atoms with E-state index in [1.54, 1.807) is 24.4 Å². The first kappa shape index (κ1) is 17.9. The van der Waals surface area contributed by atoms with Gasteiger partial charge < -0.3 is 5.32 Å². The zero-order chi connectivity index (χ0) is 20.7. The number of H-pyrrole nitrogens is 1. The minimum absolute atomic E-state index is 0.210. The van der Waals surface area contributed by atoms with Crippen molar-refractivity contribution in [2.75, 3.05) is 5.32 Å². The second-order valence-electron chi connectivity index (χ2n) is 7.14. The highest BCUT2D eigenvalue weighted by molar-refractivity contribution is 6.11. The number of nitrogens with one attached hydrogen (secondary N) is 2. The maximum absolute atomic E-state index is 12.8. The van der Waals surface area contributed by atoms with Gasteiger partial charge in [-0.05, 0) is 48.9 Å². The zero-order valence-electron chi connectivity index (χ0n) is 16.2. The van der Waals surface area contributed by atoms with Crippen LogP contribution in [0.4, 0.5) is 5.69 Å². The monoisotopic (exact) mass is 398 g/mol. The normalized spacial score (nSPS) is 11.2. The Hall–Kier alpha value is -4.20. The van der Waals surface area contributed by atoms with Crippen molar-refractivity contribution < 1.29 is 4.79 Å². The lowest BCUT2D eigenvalue weighted by molar-refractivity contribution is 0.102. The molecule has 148 valence electrons. The molecule has 3 heterocycles. The highest BCUT2D eigenvalue weighted by atomic mass is 16.2. The Morgan fingerprint density at radius 1 is 1.10 bits per heavy atom. The molecule has 5 aromatic rings. The molecule has 0 radical (unpaired) electrons. The first-order valence-corrected chi connectivity index (χ1v) is 9.48. The van der Waals surface area contributed by atoms with E-state index in [0.717, 1.165) is 22.0 Å².